The molecule has 1 fully saturated rings. The predicted molar refractivity (Wildman–Crippen MR) is 57.1 cm³/mol. The Bertz CT molecular complexity index is 395. The monoisotopic (exact) mass is 203 g/mol. The lowest BCUT2D eigenvalue weighted by Crippen LogP contribution is -2.32. The lowest BCUT2D eigenvalue weighted by molar-refractivity contribution is -0.119. The summed E-state index contributed by atoms with van der Waals surface area (Å²) >= 11 is 0. The highest BCUT2D eigenvalue weighted by atomic mass is 16.1. The van der Waals surface area contributed by atoms with Crippen LogP contribution in [0.2, 0.25) is 0 Å². The van der Waals surface area contributed by atoms with Gasteiger partial charge >= 0.3 is 0 Å². The van der Waals surface area contributed by atoms with Crippen LogP contribution in [0.15, 0.2) is 28.5 Å². The van der Waals surface area contributed by atoms with Crippen LogP contribution >= 0.6 is 0 Å². The van der Waals surface area contributed by atoms with E-state index in [1.165, 1.54) is 5.57 Å². The zero-order valence-electron chi connectivity index (χ0n) is 8.36. The van der Waals surface area contributed by atoms with Gasteiger partial charge in [0.15, 0.2) is 0 Å². The highest BCUT2D eigenvalue weighted by molar-refractivity contribution is 5.83. The molecule has 2 unspecified atom stereocenters. The summed E-state index contributed by atoms with van der Waals surface area (Å²) in [6, 6.07) is 0.268. The van der Waals surface area contributed by atoms with Crippen LogP contribution in [0.1, 0.15) is 19.3 Å². The number of fused-ring (bicyclic) bond motifs is 2. The first kappa shape index (κ1) is 8.71. The molecule has 3 rings (SSSR count). The Hall–Kier alpha value is -1.58. The van der Waals surface area contributed by atoms with Gasteiger partial charge in [-0.15, -0.1) is 0 Å². The molecule has 4 heteroatoms. The average molecular weight is 203 g/mol. The molecule has 78 valence electrons. The minimum atomic E-state index is 0.154. The van der Waals surface area contributed by atoms with Crippen molar-refractivity contribution in [3.05, 3.63) is 23.4 Å². The molecule has 2 N–H and O–H groups in total. The van der Waals surface area contributed by atoms with Gasteiger partial charge in [0, 0.05) is 24.3 Å². The van der Waals surface area contributed by atoms with Gasteiger partial charge in [-0.05, 0) is 24.5 Å². The fourth-order valence-corrected chi connectivity index (χ4v) is 2.56. The quantitative estimate of drug-likeness (QED) is 0.608. The average Bonchev–Trinajstić information content (AvgIpc) is 2.48. The third kappa shape index (κ3) is 1.37. The number of carbonyl (C=O) groups is 1. The standard InChI is InChI=1S/C11H13N3O/c15-10-6-7-3-4-9-8(11(7)13-10)2-1-5-12-14-9/h1-2,5,7,9,14H,3-4,6H2,(H,13,15). The van der Waals surface area contributed by atoms with Crippen molar-refractivity contribution in [3.8, 4) is 0 Å². The topological polar surface area (TPSA) is 53.5 Å². The van der Waals surface area contributed by atoms with Gasteiger partial charge in [-0.25, -0.2) is 0 Å². The molecule has 1 aliphatic carbocycles. The van der Waals surface area contributed by atoms with Crippen LogP contribution in [0.5, 0.6) is 0 Å². The summed E-state index contributed by atoms with van der Waals surface area (Å²) < 4.78 is 0. The smallest absolute Gasteiger partial charge is 0.224 e. The third-order valence-corrected chi connectivity index (χ3v) is 3.27. The number of hydrogen-bond donors (Lipinski definition) is 2. The Morgan fingerprint density at radius 1 is 1.40 bits per heavy atom. The zero-order valence-corrected chi connectivity index (χ0v) is 8.36. The Morgan fingerprint density at radius 2 is 2.33 bits per heavy atom. The van der Waals surface area contributed by atoms with Crippen LogP contribution in [-0.2, 0) is 4.79 Å². The zero-order chi connectivity index (χ0) is 10.3. The first-order valence-corrected chi connectivity index (χ1v) is 5.34. The fourth-order valence-electron chi connectivity index (χ4n) is 2.56. The van der Waals surface area contributed by atoms with Gasteiger partial charge < -0.3 is 10.7 Å². The highest BCUT2D eigenvalue weighted by Gasteiger charge is 2.35. The molecular weight excluding hydrogens is 190 g/mol. The summed E-state index contributed by atoms with van der Waals surface area (Å²) in [7, 11) is 0. The third-order valence-electron chi connectivity index (χ3n) is 3.27. The van der Waals surface area contributed by atoms with E-state index in [-0.39, 0.29) is 11.9 Å². The van der Waals surface area contributed by atoms with Gasteiger partial charge in [0.2, 0.25) is 5.91 Å². The Kier molecular flexibility index (Phi) is 1.87. The molecule has 0 radical (unpaired) electrons. The first-order valence-electron chi connectivity index (χ1n) is 5.34. The van der Waals surface area contributed by atoms with Gasteiger partial charge in [-0.2, -0.15) is 5.10 Å². The summed E-state index contributed by atoms with van der Waals surface area (Å²) in [5, 5.41) is 7.06. The SMILES string of the molecule is O=C1CC2CCC3NN=CC=CC3=C2N1. The van der Waals surface area contributed by atoms with Gasteiger partial charge in [0.25, 0.3) is 0 Å². The summed E-state index contributed by atoms with van der Waals surface area (Å²) in [4.78, 5) is 11.3. The molecule has 15 heavy (non-hydrogen) atoms. The van der Waals surface area contributed by atoms with E-state index >= 15 is 0 Å². The van der Waals surface area contributed by atoms with Crippen LogP contribution in [-0.4, -0.2) is 18.2 Å². The number of nitrogens with one attached hydrogen (secondary N) is 2. The Morgan fingerprint density at radius 3 is 3.27 bits per heavy atom. The molecule has 1 saturated heterocycles. The number of amides is 1. The van der Waals surface area contributed by atoms with Gasteiger partial charge in [-0.1, -0.05) is 6.08 Å². The number of rotatable bonds is 0. The van der Waals surface area contributed by atoms with E-state index < -0.39 is 0 Å². The van der Waals surface area contributed by atoms with Crippen LogP contribution < -0.4 is 10.7 Å². The number of carbonyl (C=O) groups excluding carboxylic acids is 1. The molecule has 1 amide bonds. The highest BCUT2D eigenvalue weighted by Crippen LogP contribution is 2.35. The van der Waals surface area contributed by atoms with E-state index in [0.29, 0.717) is 12.3 Å². The lowest BCUT2D eigenvalue weighted by atomic mass is 9.84. The van der Waals surface area contributed by atoms with Crippen molar-refractivity contribution in [1.29, 1.82) is 0 Å². The number of hydrazone groups is 1. The first-order chi connectivity index (χ1) is 7.34. The molecule has 0 aromatic heterocycles. The summed E-state index contributed by atoms with van der Waals surface area (Å²) in [6.07, 6.45) is 8.50. The van der Waals surface area contributed by atoms with Crippen molar-refractivity contribution < 1.29 is 4.79 Å². The van der Waals surface area contributed by atoms with Gasteiger partial charge in [0.1, 0.15) is 0 Å². The second-order valence-electron chi connectivity index (χ2n) is 4.21. The predicted octanol–water partition coefficient (Wildman–Crippen LogP) is 0.684. The number of allylic oxidation sites excluding steroid dienone is 2. The van der Waals surface area contributed by atoms with Crippen LogP contribution in [0.25, 0.3) is 0 Å². The van der Waals surface area contributed by atoms with Crippen molar-refractivity contribution in [2.24, 2.45) is 11.0 Å². The largest absolute Gasteiger partial charge is 0.329 e. The van der Waals surface area contributed by atoms with Crippen LogP contribution in [0.3, 0.4) is 0 Å². The summed E-state index contributed by atoms with van der Waals surface area (Å²) in [5.41, 5.74) is 5.43. The summed E-state index contributed by atoms with van der Waals surface area (Å²) in [6.45, 7) is 0. The minimum absolute atomic E-state index is 0.154. The maximum atomic E-state index is 11.3. The normalized spacial score (nSPS) is 32.9. The molecule has 2 heterocycles. The molecule has 0 aromatic carbocycles. The molecule has 0 aromatic rings. The second-order valence-corrected chi connectivity index (χ2v) is 4.21. The second kappa shape index (κ2) is 3.22. The van der Waals surface area contributed by atoms with E-state index in [1.54, 1.807) is 6.21 Å². The molecular formula is C11H13N3O. The van der Waals surface area contributed by atoms with Crippen molar-refractivity contribution in [2.45, 2.75) is 25.3 Å². The fraction of sp³-hybridized carbons (Fsp3) is 0.455. The van der Waals surface area contributed by atoms with E-state index in [2.05, 4.69) is 21.9 Å². The molecule has 2 atom stereocenters. The molecule has 2 aliphatic heterocycles. The van der Waals surface area contributed by atoms with Gasteiger partial charge in [0.05, 0.1) is 6.04 Å². The minimum Gasteiger partial charge on any atom is -0.329 e. The summed E-state index contributed by atoms with van der Waals surface area (Å²) in [5.74, 6) is 0.565. The molecule has 0 saturated carbocycles. The van der Waals surface area contributed by atoms with Crippen molar-refractivity contribution >= 4 is 12.1 Å². The van der Waals surface area contributed by atoms with Gasteiger partial charge in [-0.3, -0.25) is 4.79 Å². The van der Waals surface area contributed by atoms with E-state index in [0.717, 1.165) is 18.5 Å². The number of nitrogens with zero attached hydrogens (tertiary/aromatic N) is 1. The molecule has 0 bridgehead atoms. The Balaban J connectivity index is 2.03. The molecule has 4 nitrogen and oxygen atoms in total. The van der Waals surface area contributed by atoms with Crippen molar-refractivity contribution in [1.82, 2.24) is 10.7 Å². The van der Waals surface area contributed by atoms with E-state index in [9.17, 15) is 4.79 Å². The van der Waals surface area contributed by atoms with E-state index in [1.807, 2.05) is 6.08 Å². The lowest BCUT2D eigenvalue weighted by Gasteiger charge is -2.27. The van der Waals surface area contributed by atoms with Crippen LogP contribution in [0.4, 0.5) is 0 Å². The van der Waals surface area contributed by atoms with Crippen molar-refractivity contribution in [2.75, 3.05) is 0 Å². The van der Waals surface area contributed by atoms with Crippen molar-refractivity contribution in [3.63, 3.8) is 0 Å². The Labute approximate surface area is 88.1 Å². The maximum absolute atomic E-state index is 11.3. The molecule has 0 spiro atoms. The van der Waals surface area contributed by atoms with Crippen LogP contribution in [0, 0.1) is 5.92 Å². The van der Waals surface area contributed by atoms with E-state index in [4.69, 9.17) is 0 Å². The number of hydrogen-bond acceptors (Lipinski definition) is 3. The molecule has 3 aliphatic rings. The maximum Gasteiger partial charge on any atom is 0.224 e.